The van der Waals surface area contributed by atoms with Gasteiger partial charge in [0.15, 0.2) is 0 Å². The van der Waals surface area contributed by atoms with E-state index in [9.17, 15) is 9.36 Å². The van der Waals surface area contributed by atoms with E-state index in [1.165, 1.54) is 0 Å². The third kappa shape index (κ3) is 6.29. The average molecular weight is 315 g/mol. The molecule has 2 atom stereocenters. The molecule has 0 aliphatic rings. The standard InChI is InChI=1S/C14H22NO5P/c1-5-18-21(17,20-13-9-7-6-8-10-13)15-12(4)14(16)19-11(2)3/h6-12H,5H2,1-4H3,(H,15,17)/t12-,21?/m1/s1. The smallest absolute Gasteiger partial charge is 0.459 e. The molecule has 0 aromatic heterocycles. The number of esters is 1. The van der Waals surface area contributed by atoms with Gasteiger partial charge in [-0.3, -0.25) is 9.32 Å². The van der Waals surface area contributed by atoms with Gasteiger partial charge in [0.2, 0.25) is 0 Å². The molecule has 21 heavy (non-hydrogen) atoms. The molecular weight excluding hydrogens is 293 g/mol. The molecule has 7 heteroatoms. The summed E-state index contributed by atoms with van der Waals surface area (Å²) in [6.45, 7) is 6.91. The number of nitrogens with one attached hydrogen (secondary N) is 1. The summed E-state index contributed by atoms with van der Waals surface area (Å²) >= 11 is 0. The lowest BCUT2D eigenvalue weighted by Crippen LogP contribution is -2.36. The summed E-state index contributed by atoms with van der Waals surface area (Å²) in [6.07, 6.45) is -0.247. The Hall–Kier alpha value is -1.36. The Labute approximate surface area is 125 Å². The van der Waals surface area contributed by atoms with Crippen molar-refractivity contribution in [2.45, 2.75) is 39.8 Å². The van der Waals surface area contributed by atoms with Crippen molar-refractivity contribution < 1.29 is 23.1 Å². The van der Waals surface area contributed by atoms with Crippen LogP contribution in [-0.4, -0.2) is 24.7 Å². The number of carbonyl (C=O) groups is 1. The van der Waals surface area contributed by atoms with E-state index in [1.54, 1.807) is 52.0 Å². The number of para-hydroxylation sites is 1. The molecule has 0 fully saturated rings. The Morgan fingerprint density at radius 3 is 2.38 bits per heavy atom. The zero-order valence-corrected chi connectivity index (χ0v) is 13.6. The summed E-state index contributed by atoms with van der Waals surface area (Å²) in [6, 6.07) is 7.82. The van der Waals surface area contributed by atoms with E-state index in [0.29, 0.717) is 5.75 Å². The first kappa shape index (κ1) is 17.7. The summed E-state index contributed by atoms with van der Waals surface area (Å²) in [5.74, 6) is -0.118. The maximum Gasteiger partial charge on any atom is 0.459 e. The van der Waals surface area contributed by atoms with Gasteiger partial charge in [0.25, 0.3) is 0 Å². The highest BCUT2D eigenvalue weighted by molar-refractivity contribution is 7.52. The van der Waals surface area contributed by atoms with E-state index >= 15 is 0 Å². The molecule has 118 valence electrons. The second kappa shape index (κ2) is 8.17. The lowest BCUT2D eigenvalue weighted by molar-refractivity contribution is -0.149. The van der Waals surface area contributed by atoms with Crippen LogP contribution in [0.3, 0.4) is 0 Å². The minimum absolute atomic E-state index is 0.184. The van der Waals surface area contributed by atoms with E-state index < -0.39 is 19.8 Å². The number of carbonyl (C=O) groups excluding carboxylic acids is 1. The van der Waals surface area contributed by atoms with Crippen molar-refractivity contribution in [1.82, 2.24) is 5.09 Å². The first-order valence-electron chi connectivity index (χ1n) is 6.84. The molecule has 0 heterocycles. The molecule has 0 aliphatic heterocycles. The van der Waals surface area contributed by atoms with Crippen LogP contribution in [0.5, 0.6) is 5.75 Å². The van der Waals surface area contributed by atoms with Crippen LogP contribution < -0.4 is 9.61 Å². The highest BCUT2D eigenvalue weighted by Gasteiger charge is 2.31. The summed E-state index contributed by atoms with van der Waals surface area (Å²) in [7, 11) is -3.65. The summed E-state index contributed by atoms with van der Waals surface area (Å²) < 4.78 is 28.2. The SMILES string of the molecule is CCOP(=O)(N[C@H](C)C(=O)OC(C)C)Oc1ccccc1. The highest BCUT2D eigenvalue weighted by Crippen LogP contribution is 2.44. The van der Waals surface area contributed by atoms with Gasteiger partial charge in [-0.25, -0.2) is 4.57 Å². The van der Waals surface area contributed by atoms with Crippen LogP contribution in [0.25, 0.3) is 0 Å². The Balaban J connectivity index is 2.76. The number of hydrogen-bond donors (Lipinski definition) is 1. The monoisotopic (exact) mass is 315 g/mol. The van der Waals surface area contributed by atoms with Crippen LogP contribution in [0.2, 0.25) is 0 Å². The van der Waals surface area contributed by atoms with Gasteiger partial charge in [-0.15, -0.1) is 0 Å². The summed E-state index contributed by atoms with van der Waals surface area (Å²) in [5.41, 5.74) is 0. The molecular formula is C14H22NO5P. The minimum Gasteiger partial charge on any atom is -0.462 e. The first-order chi connectivity index (χ1) is 9.86. The minimum atomic E-state index is -3.65. The fourth-order valence-corrected chi connectivity index (χ4v) is 3.00. The van der Waals surface area contributed by atoms with Crippen molar-refractivity contribution in [3.8, 4) is 5.75 Å². The molecule has 0 saturated heterocycles. The highest BCUT2D eigenvalue weighted by atomic mass is 31.2. The molecule has 0 bridgehead atoms. The molecule has 0 amide bonds. The average Bonchev–Trinajstić information content (AvgIpc) is 2.38. The van der Waals surface area contributed by atoms with Gasteiger partial charge in [-0.05, 0) is 39.8 Å². The van der Waals surface area contributed by atoms with E-state index in [1.807, 2.05) is 6.07 Å². The predicted molar refractivity (Wildman–Crippen MR) is 80.1 cm³/mol. The summed E-state index contributed by atoms with van der Waals surface area (Å²) in [4.78, 5) is 11.8. The van der Waals surface area contributed by atoms with Crippen LogP contribution in [0, 0.1) is 0 Å². The van der Waals surface area contributed by atoms with Gasteiger partial charge < -0.3 is 9.26 Å². The van der Waals surface area contributed by atoms with Gasteiger partial charge in [0, 0.05) is 0 Å². The summed E-state index contributed by atoms with van der Waals surface area (Å²) in [5, 5.41) is 2.58. The Bertz CT molecular complexity index is 491. The van der Waals surface area contributed by atoms with Crippen molar-refractivity contribution in [2.75, 3.05) is 6.61 Å². The molecule has 6 nitrogen and oxygen atoms in total. The van der Waals surface area contributed by atoms with Gasteiger partial charge >= 0.3 is 13.7 Å². The zero-order chi connectivity index (χ0) is 15.9. The molecule has 1 unspecified atom stereocenters. The second-order valence-electron chi connectivity index (χ2n) is 4.66. The van der Waals surface area contributed by atoms with Gasteiger partial charge in [0.05, 0.1) is 12.7 Å². The zero-order valence-electron chi connectivity index (χ0n) is 12.7. The Morgan fingerprint density at radius 2 is 1.86 bits per heavy atom. The van der Waals surface area contributed by atoms with Crippen LogP contribution in [0.15, 0.2) is 30.3 Å². The topological polar surface area (TPSA) is 73.9 Å². The van der Waals surface area contributed by atoms with Crippen LogP contribution in [-0.2, 0) is 18.6 Å². The second-order valence-corrected chi connectivity index (χ2v) is 6.35. The van der Waals surface area contributed by atoms with Crippen molar-refractivity contribution in [2.24, 2.45) is 0 Å². The maximum atomic E-state index is 12.6. The fourth-order valence-electron chi connectivity index (χ4n) is 1.50. The largest absolute Gasteiger partial charge is 0.462 e. The molecule has 1 N–H and O–H groups in total. The Morgan fingerprint density at radius 1 is 1.24 bits per heavy atom. The lowest BCUT2D eigenvalue weighted by Gasteiger charge is -2.22. The molecule has 0 aliphatic carbocycles. The molecule has 0 spiro atoms. The van der Waals surface area contributed by atoms with E-state index in [-0.39, 0.29) is 12.7 Å². The van der Waals surface area contributed by atoms with Gasteiger partial charge in [-0.2, -0.15) is 5.09 Å². The maximum absolute atomic E-state index is 12.6. The van der Waals surface area contributed by atoms with E-state index in [2.05, 4.69) is 5.09 Å². The van der Waals surface area contributed by atoms with E-state index in [0.717, 1.165) is 0 Å². The molecule has 1 aromatic carbocycles. The van der Waals surface area contributed by atoms with Crippen molar-refractivity contribution in [3.05, 3.63) is 30.3 Å². The first-order valence-corrected chi connectivity index (χ1v) is 8.38. The predicted octanol–water partition coefficient (Wildman–Crippen LogP) is 3.14. The van der Waals surface area contributed by atoms with Crippen molar-refractivity contribution in [1.29, 1.82) is 0 Å². The lowest BCUT2D eigenvalue weighted by atomic mass is 10.3. The number of ether oxygens (including phenoxy) is 1. The molecule has 0 radical (unpaired) electrons. The molecule has 0 saturated carbocycles. The van der Waals surface area contributed by atoms with Gasteiger partial charge in [-0.1, -0.05) is 18.2 Å². The Kier molecular flexibility index (Phi) is 6.89. The normalized spacial score (nSPS) is 15.3. The van der Waals surface area contributed by atoms with Crippen LogP contribution >= 0.6 is 7.75 Å². The van der Waals surface area contributed by atoms with Crippen molar-refractivity contribution in [3.63, 3.8) is 0 Å². The quantitative estimate of drug-likeness (QED) is 0.587. The number of hydrogen-bond acceptors (Lipinski definition) is 5. The molecule has 1 aromatic rings. The molecule has 1 rings (SSSR count). The van der Waals surface area contributed by atoms with Crippen LogP contribution in [0.4, 0.5) is 0 Å². The number of benzene rings is 1. The van der Waals surface area contributed by atoms with Crippen LogP contribution in [0.1, 0.15) is 27.7 Å². The third-order valence-corrected chi connectivity index (χ3v) is 4.08. The van der Waals surface area contributed by atoms with Crippen molar-refractivity contribution >= 4 is 13.7 Å². The van der Waals surface area contributed by atoms with Gasteiger partial charge in [0.1, 0.15) is 11.8 Å². The number of rotatable bonds is 8. The third-order valence-electron chi connectivity index (χ3n) is 2.33. The fraction of sp³-hybridized carbons (Fsp3) is 0.500. The van der Waals surface area contributed by atoms with E-state index in [4.69, 9.17) is 13.8 Å².